The van der Waals surface area contributed by atoms with Crippen LogP contribution in [0.25, 0.3) is 0 Å². The van der Waals surface area contributed by atoms with E-state index >= 15 is 0 Å². The van der Waals surface area contributed by atoms with Crippen molar-refractivity contribution in [2.24, 2.45) is 0 Å². The number of urea groups is 1. The fourth-order valence-electron chi connectivity index (χ4n) is 3.64. The third-order valence-corrected chi connectivity index (χ3v) is 5.80. The summed E-state index contributed by atoms with van der Waals surface area (Å²) in [7, 11) is 0. The van der Waals surface area contributed by atoms with Gasteiger partial charge in [0.05, 0.1) is 36.0 Å². The molecule has 160 valence electrons. The van der Waals surface area contributed by atoms with Crippen molar-refractivity contribution >= 4 is 23.6 Å². The number of aliphatic hydroxyl groups is 2. The Labute approximate surface area is 178 Å². The molecule has 4 rings (SSSR count). The molecule has 0 spiro atoms. The molecule has 0 saturated heterocycles. The number of amides is 2. The van der Waals surface area contributed by atoms with Gasteiger partial charge in [-0.05, 0) is 42.5 Å². The van der Waals surface area contributed by atoms with Gasteiger partial charge >= 0.3 is 6.03 Å². The summed E-state index contributed by atoms with van der Waals surface area (Å²) in [6.07, 6.45) is 3.47. The molecular formula is C20H23ClFN5O3. The average Bonchev–Trinajstić information content (AvgIpc) is 2.72. The lowest BCUT2D eigenvalue weighted by Crippen LogP contribution is -2.45. The number of aromatic nitrogens is 2. The molecule has 1 atom stereocenters. The molecule has 0 radical (unpaired) electrons. The predicted molar refractivity (Wildman–Crippen MR) is 109 cm³/mol. The van der Waals surface area contributed by atoms with Crippen LogP contribution in [0.1, 0.15) is 35.7 Å². The van der Waals surface area contributed by atoms with Crippen LogP contribution < -0.4 is 10.6 Å². The molecule has 8 nitrogen and oxygen atoms in total. The normalized spacial score (nSPS) is 21.4. The second-order valence-corrected chi connectivity index (χ2v) is 8.07. The fraction of sp³-hybridized carbons (Fsp3) is 0.450. The van der Waals surface area contributed by atoms with Crippen molar-refractivity contribution < 1.29 is 19.4 Å². The smallest absolute Gasteiger partial charge is 0.318 e. The van der Waals surface area contributed by atoms with Crippen LogP contribution in [0.15, 0.2) is 24.4 Å². The van der Waals surface area contributed by atoms with Crippen LogP contribution in [0, 0.1) is 5.82 Å². The zero-order valence-corrected chi connectivity index (χ0v) is 16.9. The van der Waals surface area contributed by atoms with E-state index in [4.69, 9.17) is 11.6 Å². The maximum atomic E-state index is 13.4. The molecule has 1 aliphatic heterocycles. The maximum absolute atomic E-state index is 13.4. The van der Waals surface area contributed by atoms with Gasteiger partial charge in [0, 0.05) is 18.8 Å². The number of nitrogens with zero attached hydrogens (tertiary/aromatic N) is 3. The van der Waals surface area contributed by atoms with E-state index < -0.39 is 11.9 Å². The third kappa shape index (κ3) is 4.48. The molecule has 2 aromatic rings. The number of carbonyl (C=O) groups excluding carboxylic acids is 1. The Kier molecular flexibility index (Phi) is 6.03. The summed E-state index contributed by atoms with van der Waals surface area (Å²) in [5.74, 6) is -0.0707. The van der Waals surface area contributed by atoms with E-state index in [0.717, 1.165) is 11.3 Å². The summed E-state index contributed by atoms with van der Waals surface area (Å²) in [6, 6.07) is 3.19. The van der Waals surface area contributed by atoms with Gasteiger partial charge in [0.25, 0.3) is 0 Å². The van der Waals surface area contributed by atoms with Gasteiger partial charge in [-0.2, -0.15) is 0 Å². The number of rotatable bonds is 5. The molecule has 2 heterocycles. The summed E-state index contributed by atoms with van der Waals surface area (Å²) in [4.78, 5) is 23.2. The molecule has 10 heteroatoms. The van der Waals surface area contributed by atoms with Gasteiger partial charge < -0.3 is 25.7 Å². The molecule has 1 fully saturated rings. The zero-order valence-electron chi connectivity index (χ0n) is 16.2. The number of carbonyl (C=O) groups is 1. The van der Waals surface area contributed by atoms with Gasteiger partial charge in [0.15, 0.2) is 0 Å². The van der Waals surface area contributed by atoms with Gasteiger partial charge in [-0.15, -0.1) is 0 Å². The zero-order chi connectivity index (χ0) is 21.3. The van der Waals surface area contributed by atoms with Crippen molar-refractivity contribution in [2.75, 3.05) is 18.5 Å². The highest BCUT2D eigenvalue weighted by molar-refractivity contribution is 6.30. The number of anilines is 1. The van der Waals surface area contributed by atoms with Gasteiger partial charge in [0.1, 0.15) is 5.82 Å². The van der Waals surface area contributed by atoms with Crippen molar-refractivity contribution in [3.8, 4) is 0 Å². The first-order valence-electron chi connectivity index (χ1n) is 9.83. The minimum atomic E-state index is -0.704. The average molecular weight is 436 g/mol. The van der Waals surface area contributed by atoms with E-state index in [1.54, 1.807) is 11.1 Å². The highest BCUT2D eigenvalue weighted by atomic mass is 35.5. The molecule has 1 aromatic carbocycles. The van der Waals surface area contributed by atoms with Crippen molar-refractivity contribution in [3.63, 3.8) is 0 Å². The Balaban J connectivity index is 1.41. The van der Waals surface area contributed by atoms with Gasteiger partial charge in [-0.3, -0.25) is 0 Å². The second kappa shape index (κ2) is 8.71. The largest absolute Gasteiger partial charge is 0.394 e. The molecule has 1 aliphatic carbocycles. The maximum Gasteiger partial charge on any atom is 0.318 e. The third-order valence-electron chi connectivity index (χ3n) is 5.51. The fourth-order valence-corrected chi connectivity index (χ4v) is 3.83. The number of aliphatic hydroxyl groups excluding tert-OH is 2. The quantitative estimate of drug-likeness (QED) is 0.571. The summed E-state index contributed by atoms with van der Waals surface area (Å²) >= 11 is 5.82. The number of halogens is 2. The van der Waals surface area contributed by atoms with Crippen molar-refractivity contribution in [2.45, 2.75) is 44.0 Å². The lowest BCUT2D eigenvalue weighted by Gasteiger charge is -2.33. The van der Waals surface area contributed by atoms with E-state index in [2.05, 4.69) is 20.6 Å². The highest BCUT2D eigenvalue weighted by Crippen LogP contribution is 2.25. The van der Waals surface area contributed by atoms with Crippen molar-refractivity contribution in [1.29, 1.82) is 0 Å². The number of benzene rings is 1. The predicted octanol–water partition coefficient (Wildman–Crippen LogP) is 2.01. The molecule has 1 unspecified atom stereocenters. The monoisotopic (exact) mass is 435 g/mol. The van der Waals surface area contributed by atoms with Crippen molar-refractivity contribution in [1.82, 2.24) is 20.2 Å². The first-order valence-corrected chi connectivity index (χ1v) is 10.2. The van der Waals surface area contributed by atoms with E-state index in [-0.39, 0.29) is 29.8 Å². The van der Waals surface area contributed by atoms with E-state index in [1.807, 2.05) is 0 Å². The van der Waals surface area contributed by atoms with Crippen molar-refractivity contribution in [3.05, 3.63) is 52.1 Å². The van der Waals surface area contributed by atoms with E-state index in [0.29, 0.717) is 43.9 Å². The van der Waals surface area contributed by atoms with Crippen LogP contribution in [0.3, 0.4) is 0 Å². The minimum absolute atomic E-state index is 0.0668. The molecule has 4 N–H and O–H groups in total. The Morgan fingerprint density at radius 3 is 2.90 bits per heavy atom. The molecule has 2 aliphatic rings. The topological polar surface area (TPSA) is 111 Å². The van der Waals surface area contributed by atoms with Crippen LogP contribution in [0.4, 0.5) is 15.1 Å². The van der Waals surface area contributed by atoms with Crippen LogP contribution in [-0.2, 0) is 13.0 Å². The summed E-state index contributed by atoms with van der Waals surface area (Å²) < 4.78 is 13.4. The Bertz CT molecular complexity index is 941. The Hall–Kier alpha value is -2.49. The second-order valence-electron chi connectivity index (χ2n) is 7.66. The standard InChI is InChI=1S/C20H23ClFN5O3/c21-15-5-11(1-2-16(15)22)18(10-28)26-20(30)27-4-3-12-8-23-19(25-17(12)9-27)24-13-6-14(29)7-13/h1-2,5,8,13-14,18,28-29H,3-4,6-7,9-10H2,(H,26,30)(H,23,24,25). The first-order chi connectivity index (χ1) is 14.4. The van der Waals surface area contributed by atoms with Gasteiger partial charge in [-0.1, -0.05) is 17.7 Å². The summed E-state index contributed by atoms with van der Waals surface area (Å²) in [5, 5.41) is 25.0. The van der Waals surface area contributed by atoms with Gasteiger partial charge in [0.2, 0.25) is 5.95 Å². The SMILES string of the molecule is O=C(NC(CO)c1ccc(F)c(Cl)c1)N1CCc2cnc(NC3CC(O)C3)nc2C1. The Morgan fingerprint density at radius 2 is 2.20 bits per heavy atom. The lowest BCUT2D eigenvalue weighted by molar-refractivity contribution is 0.0834. The molecule has 1 saturated carbocycles. The molecule has 2 amide bonds. The number of fused-ring (bicyclic) bond motifs is 1. The first kappa shape index (κ1) is 20.8. The minimum Gasteiger partial charge on any atom is -0.394 e. The molecule has 1 aromatic heterocycles. The van der Waals surface area contributed by atoms with E-state index in [9.17, 15) is 19.4 Å². The summed E-state index contributed by atoms with van der Waals surface area (Å²) in [5.41, 5.74) is 2.27. The molecular weight excluding hydrogens is 413 g/mol. The number of hydrogen-bond acceptors (Lipinski definition) is 6. The van der Waals surface area contributed by atoms with Crippen LogP contribution in [-0.4, -0.2) is 56.4 Å². The highest BCUT2D eigenvalue weighted by Gasteiger charge is 2.29. The lowest BCUT2D eigenvalue weighted by atomic mass is 9.90. The van der Waals surface area contributed by atoms with E-state index in [1.165, 1.54) is 18.2 Å². The van der Waals surface area contributed by atoms with Crippen LogP contribution >= 0.6 is 11.6 Å². The Morgan fingerprint density at radius 1 is 1.40 bits per heavy atom. The van der Waals surface area contributed by atoms with Crippen LogP contribution in [0.5, 0.6) is 0 Å². The summed E-state index contributed by atoms with van der Waals surface area (Å²) in [6.45, 7) is 0.460. The number of hydrogen-bond donors (Lipinski definition) is 4. The molecule has 30 heavy (non-hydrogen) atoms. The number of nitrogens with one attached hydrogen (secondary N) is 2. The van der Waals surface area contributed by atoms with Gasteiger partial charge in [-0.25, -0.2) is 19.2 Å². The van der Waals surface area contributed by atoms with Crippen LogP contribution in [0.2, 0.25) is 5.02 Å². The molecule has 0 bridgehead atoms.